The van der Waals surface area contributed by atoms with Crippen LogP contribution in [0.3, 0.4) is 0 Å². The standard InChI is InChI=1S/C11H21N3O2/c1-8(2)9(3)13-10(15)11(16)14-6-4-12-5-7-14/h8-9,12H,4-7H2,1-3H3,(H,13,15). The molecule has 1 saturated heterocycles. The van der Waals surface area contributed by atoms with E-state index < -0.39 is 11.8 Å². The van der Waals surface area contributed by atoms with Crippen LogP contribution in [0.5, 0.6) is 0 Å². The second kappa shape index (κ2) is 5.84. The Morgan fingerprint density at radius 3 is 2.25 bits per heavy atom. The van der Waals surface area contributed by atoms with E-state index in [1.807, 2.05) is 20.8 Å². The molecule has 1 rings (SSSR count). The molecule has 0 aliphatic carbocycles. The molecule has 0 aromatic rings. The van der Waals surface area contributed by atoms with E-state index in [2.05, 4.69) is 10.6 Å². The molecule has 1 unspecified atom stereocenters. The zero-order valence-corrected chi connectivity index (χ0v) is 10.2. The van der Waals surface area contributed by atoms with Gasteiger partial charge in [0.2, 0.25) is 0 Å². The number of nitrogens with zero attached hydrogens (tertiary/aromatic N) is 1. The predicted molar refractivity (Wildman–Crippen MR) is 61.9 cm³/mol. The Balaban J connectivity index is 2.43. The van der Waals surface area contributed by atoms with E-state index in [4.69, 9.17) is 0 Å². The van der Waals surface area contributed by atoms with E-state index in [9.17, 15) is 9.59 Å². The highest BCUT2D eigenvalue weighted by atomic mass is 16.2. The van der Waals surface area contributed by atoms with Crippen molar-refractivity contribution < 1.29 is 9.59 Å². The first-order valence-corrected chi connectivity index (χ1v) is 5.83. The minimum absolute atomic E-state index is 0.0272. The molecule has 2 N–H and O–H groups in total. The molecule has 0 spiro atoms. The highest BCUT2D eigenvalue weighted by Crippen LogP contribution is 2.00. The second-order valence-electron chi connectivity index (χ2n) is 4.55. The van der Waals surface area contributed by atoms with Crippen molar-refractivity contribution in [1.82, 2.24) is 15.5 Å². The first kappa shape index (κ1) is 13.0. The van der Waals surface area contributed by atoms with Crippen LogP contribution >= 0.6 is 0 Å². The van der Waals surface area contributed by atoms with Gasteiger partial charge in [-0.25, -0.2) is 0 Å². The summed E-state index contributed by atoms with van der Waals surface area (Å²) in [6.07, 6.45) is 0. The van der Waals surface area contributed by atoms with Gasteiger partial charge in [0.15, 0.2) is 0 Å². The summed E-state index contributed by atoms with van der Waals surface area (Å²) in [6, 6.07) is 0.0272. The van der Waals surface area contributed by atoms with Crippen molar-refractivity contribution in [3.8, 4) is 0 Å². The van der Waals surface area contributed by atoms with Crippen LogP contribution in [0.2, 0.25) is 0 Å². The SMILES string of the molecule is CC(C)C(C)NC(=O)C(=O)N1CCNCC1. The normalized spacial score (nSPS) is 18.4. The fourth-order valence-electron chi connectivity index (χ4n) is 1.45. The lowest BCUT2D eigenvalue weighted by molar-refractivity contribution is -0.146. The maximum Gasteiger partial charge on any atom is 0.311 e. The number of carbonyl (C=O) groups excluding carboxylic acids is 2. The third-order valence-corrected chi connectivity index (χ3v) is 2.96. The van der Waals surface area contributed by atoms with Crippen molar-refractivity contribution in [1.29, 1.82) is 0 Å². The highest BCUT2D eigenvalue weighted by molar-refractivity contribution is 6.35. The number of hydrogen-bond acceptors (Lipinski definition) is 3. The van der Waals surface area contributed by atoms with E-state index in [0.717, 1.165) is 13.1 Å². The predicted octanol–water partition coefficient (Wildman–Crippen LogP) is -0.421. The smallest absolute Gasteiger partial charge is 0.311 e. The summed E-state index contributed by atoms with van der Waals surface area (Å²) >= 11 is 0. The summed E-state index contributed by atoms with van der Waals surface area (Å²) in [4.78, 5) is 25.0. The maximum atomic E-state index is 11.7. The first-order chi connectivity index (χ1) is 7.52. The molecule has 16 heavy (non-hydrogen) atoms. The van der Waals surface area contributed by atoms with Gasteiger partial charge in [0.05, 0.1) is 0 Å². The van der Waals surface area contributed by atoms with Crippen LogP contribution in [0, 0.1) is 5.92 Å². The minimum atomic E-state index is -0.483. The van der Waals surface area contributed by atoms with Crippen LogP contribution < -0.4 is 10.6 Å². The van der Waals surface area contributed by atoms with Gasteiger partial charge >= 0.3 is 11.8 Å². The lowest BCUT2D eigenvalue weighted by atomic mass is 10.1. The molecule has 2 amide bonds. The van der Waals surface area contributed by atoms with E-state index in [1.54, 1.807) is 4.90 Å². The first-order valence-electron chi connectivity index (χ1n) is 5.83. The van der Waals surface area contributed by atoms with Crippen LogP contribution in [0.15, 0.2) is 0 Å². The lowest BCUT2D eigenvalue weighted by Gasteiger charge is -2.27. The third-order valence-electron chi connectivity index (χ3n) is 2.96. The molecule has 5 nitrogen and oxygen atoms in total. The monoisotopic (exact) mass is 227 g/mol. The van der Waals surface area contributed by atoms with Crippen molar-refractivity contribution in [2.75, 3.05) is 26.2 Å². The quantitative estimate of drug-likeness (QED) is 0.630. The fourth-order valence-corrected chi connectivity index (χ4v) is 1.45. The number of nitrogens with one attached hydrogen (secondary N) is 2. The average Bonchev–Trinajstić information content (AvgIpc) is 2.28. The Morgan fingerprint density at radius 2 is 1.75 bits per heavy atom. The van der Waals surface area contributed by atoms with Crippen LogP contribution in [0.4, 0.5) is 0 Å². The fraction of sp³-hybridized carbons (Fsp3) is 0.818. The summed E-state index contributed by atoms with van der Waals surface area (Å²) in [7, 11) is 0. The molecule has 0 saturated carbocycles. The molecule has 1 aliphatic rings. The molecular formula is C11H21N3O2. The number of hydrogen-bond donors (Lipinski definition) is 2. The average molecular weight is 227 g/mol. The molecule has 0 radical (unpaired) electrons. The van der Waals surface area contributed by atoms with Crippen molar-refractivity contribution in [3.05, 3.63) is 0 Å². The summed E-state index contributed by atoms with van der Waals surface area (Å²) in [5.74, 6) is -0.558. The van der Waals surface area contributed by atoms with Gasteiger partial charge in [0.25, 0.3) is 0 Å². The largest absolute Gasteiger partial charge is 0.345 e. The minimum Gasteiger partial charge on any atom is -0.345 e. The molecule has 0 aromatic carbocycles. The summed E-state index contributed by atoms with van der Waals surface area (Å²) in [5.41, 5.74) is 0. The maximum absolute atomic E-state index is 11.7. The van der Waals surface area contributed by atoms with Gasteiger partial charge in [0, 0.05) is 32.2 Å². The van der Waals surface area contributed by atoms with Gasteiger partial charge in [0.1, 0.15) is 0 Å². The topological polar surface area (TPSA) is 61.4 Å². The number of amides is 2. The molecular weight excluding hydrogens is 206 g/mol. The van der Waals surface area contributed by atoms with Crippen molar-refractivity contribution in [2.24, 2.45) is 5.92 Å². The molecule has 5 heteroatoms. The highest BCUT2D eigenvalue weighted by Gasteiger charge is 2.24. The molecule has 1 aliphatic heterocycles. The lowest BCUT2D eigenvalue weighted by Crippen LogP contribution is -2.52. The van der Waals surface area contributed by atoms with E-state index in [0.29, 0.717) is 19.0 Å². The van der Waals surface area contributed by atoms with Gasteiger partial charge in [-0.2, -0.15) is 0 Å². The van der Waals surface area contributed by atoms with Crippen LogP contribution in [0.25, 0.3) is 0 Å². The zero-order chi connectivity index (χ0) is 12.1. The number of carbonyl (C=O) groups is 2. The van der Waals surface area contributed by atoms with E-state index in [1.165, 1.54) is 0 Å². The molecule has 0 bridgehead atoms. The van der Waals surface area contributed by atoms with Crippen LogP contribution in [0.1, 0.15) is 20.8 Å². The van der Waals surface area contributed by atoms with Gasteiger partial charge in [-0.15, -0.1) is 0 Å². The van der Waals surface area contributed by atoms with Gasteiger partial charge in [-0.05, 0) is 12.8 Å². The summed E-state index contributed by atoms with van der Waals surface area (Å²) < 4.78 is 0. The number of rotatable bonds is 2. The number of piperazine rings is 1. The Kier molecular flexibility index (Phi) is 4.73. The van der Waals surface area contributed by atoms with Crippen molar-refractivity contribution in [2.45, 2.75) is 26.8 Å². The Hall–Kier alpha value is -1.10. The molecule has 1 heterocycles. The van der Waals surface area contributed by atoms with Gasteiger partial charge in [-0.1, -0.05) is 13.8 Å². The Morgan fingerprint density at radius 1 is 1.19 bits per heavy atom. The van der Waals surface area contributed by atoms with Gasteiger partial charge < -0.3 is 15.5 Å². The Labute approximate surface area is 96.6 Å². The summed E-state index contributed by atoms with van der Waals surface area (Å²) in [5, 5.41) is 5.87. The molecule has 92 valence electrons. The van der Waals surface area contributed by atoms with E-state index in [-0.39, 0.29) is 6.04 Å². The van der Waals surface area contributed by atoms with Crippen LogP contribution in [-0.4, -0.2) is 48.9 Å². The van der Waals surface area contributed by atoms with Crippen LogP contribution in [-0.2, 0) is 9.59 Å². The van der Waals surface area contributed by atoms with Gasteiger partial charge in [-0.3, -0.25) is 9.59 Å². The van der Waals surface area contributed by atoms with E-state index >= 15 is 0 Å². The molecule has 1 fully saturated rings. The second-order valence-corrected chi connectivity index (χ2v) is 4.55. The molecule has 0 aromatic heterocycles. The zero-order valence-electron chi connectivity index (χ0n) is 10.2. The summed E-state index contributed by atoms with van der Waals surface area (Å²) in [6.45, 7) is 8.69. The molecule has 1 atom stereocenters. The van der Waals surface area contributed by atoms with Crippen molar-refractivity contribution >= 4 is 11.8 Å². The van der Waals surface area contributed by atoms with Crippen molar-refractivity contribution in [3.63, 3.8) is 0 Å². The Bertz CT molecular complexity index is 260. The third kappa shape index (κ3) is 3.48.